The van der Waals surface area contributed by atoms with Gasteiger partial charge in [-0.05, 0) is 42.7 Å². The van der Waals surface area contributed by atoms with Gasteiger partial charge in [0.2, 0.25) is 20.0 Å². The number of hydrogen-bond acceptors (Lipinski definition) is 4. The fourth-order valence-electron chi connectivity index (χ4n) is 3.25. The van der Waals surface area contributed by atoms with Crippen molar-refractivity contribution >= 4 is 20.0 Å². The minimum Gasteiger partial charge on any atom is -0.207 e. The van der Waals surface area contributed by atoms with Crippen molar-refractivity contribution in [1.29, 1.82) is 0 Å². The van der Waals surface area contributed by atoms with Crippen LogP contribution in [0.5, 0.6) is 0 Å². The van der Waals surface area contributed by atoms with Gasteiger partial charge in [-0.2, -0.15) is 8.61 Å². The summed E-state index contributed by atoms with van der Waals surface area (Å²) in [6.45, 7) is 2.70. The molecule has 8 heteroatoms. The minimum atomic E-state index is -3.62. The SMILES string of the molecule is CCCCc1ccc(S(=O)(=O)N2CCN(S(=O)(=O)c3ccccc3)CC2)cc1. The Morgan fingerprint density at radius 3 is 1.64 bits per heavy atom. The molecular weight excluding hydrogens is 396 g/mol. The van der Waals surface area contributed by atoms with Crippen molar-refractivity contribution in [3.8, 4) is 0 Å². The Morgan fingerprint density at radius 1 is 0.714 bits per heavy atom. The van der Waals surface area contributed by atoms with Crippen molar-refractivity contribution in [3.05, 3.63) is 60.2 Å². The number of sulfonamides is 2. The first-order valence-corrected chi connectivity index (χ1v) is 12.4. The lowest BCUT2D eigenvalue weighted by Gasteiger charge is -2.33. The second-order valence-electron chi connectivity index (χ2n) is 6.87. The molecule has 1 fully saturated rings. The van der Waals surface area contributed by atoms with E-state index in [1.807, 2.05) is 12.1 Å². The lowest BCUT2D eigenvalue weighted by molar-refractivity contribution is 0.273. The molecule has 0 N–H and O–H groups in total. The molecule has 0 amide bonds. The van der Waals surface area contributed by atoms with E-state index in [1.165, 1.54) is 8.61 Å². The standard InChI is InChI=1S/C20H26N2O4S2/c1-2-3-7-18-10-12-20(13-11-18)28(25,26)22-16-14-21(15-17-22)27(23,24)19-8-5-4-6-9-19/h4-6,8-13H,2-3,7,14-17H2,1H3. The van der Waals surface area contributed by atoms with E-state index in [-0.39, 0.29) is 36.0 Å². The Hall–Kier alpha value is -1.74. The van der Waals surface area contributed by atoms with Crippen LogP contribution in [0.1, 0.15) is 25.3 Å². The van der Waals surface area contributed by atoms with E-state index in [0.717, 1.165) is 24.8 Å². The monoisotopic (exact) mass is 422 g/mol. The highest BCUT2D eigenvalue weighted by Crippen LogP contribution is 2.22. The van der Waals surface area contributed by atoms with E-state index >= 15 is 0 Å². The summed E-state index contributed by atoms with van der Waals surface area (Å²) >= 11 is 0. The van der Waals surface area contributed by atoms with Crippen LogP contribution in [0, 0.1) is 0 Å². The fraction of sp³-hybridized carbons (Fsp3) is 0.400. The first kappa shape index (κ1) is 21.0. The van der Waals surface area contributed by atoms with Gasteiger partial charge in [-0.1, -0.05) is 43.7 Å². The molecule has 3 rings (SSSR count). The molecule has 1 heterocycles. The maximum absolute atomic E-state index is 12.9. The van der Waals surface area contributed by atoms with Gasteiger partial charge in [-0.3, -0.25) is 0 Å². The maximum Gasteiger partial charge on any atom is 0.243 e. The van der Waals surface area contributed by atoms with E-state index in [4.69, 9.17) is 0 Å². The van der Waals surface area contributed by atoms with Gasteiger partial charge in [0.15, 0.2) is 0 Å². The third-order valence-corrected chi connectivity index (χ3v) is 8.78. The maximum atomic E-state index is 12.9. The molecule has 1 aliphatic heterocycles. The summed E-state index contributed by atoms with van der Waals surface area (Å²) in [5.74, 6) is 0. The highest BCUT2D eigenvalue weighted by atomic mass is 32.2. The summed E-state index contributed by atoms with van der Waals surface area (Å²) in [5, 5.41) is 0. The molecule has 1 saturated heterocycles. The van der Waals surface area contributed by atoms with Gasteiger partial charge in [0.25, 0.3) is 0 Å². The highest BCUT2D eigenvalue weighted by Gasteiger charge is 2.33. The Balaban J connectivity index is 1.68. The van der Waals surface area contributed by atoms with Gasteiger partial charge >= 0.3 is 0 Å². The zero-order valence-electron chi connectivity index (χ0n) is 16.0. The first-order chi connectivity index (χ1) is 13.4. The molecule has 1 aliphatic rings. The van der Waals surface area contributed by atoms with Crippen LogP contribution < -0.4 is 0 Å². The highest BCUT2D eigenvalue weighted by molar-refractivity contribution is 7.89. The lowest BCUT2D eigenvalue weighted by atomic mass is 10.1. The molecule has 28 heavy (non-hydrogen) atoms. The van der Waals surface area contributed by atoms with E-state index in [0.29, 0.717) is 0 Å². The molecule has 0 aliphatic carbocycles. The van der Waals surface area contributed by atoms with Crippen LogP contribution in [0.15, 0.2) is 64.4 Å². The third kappa shape index (κ3) is 4.46. The van der Waals surface area contributed by atoms with E-state index in [9.17, 15) is 16.8 Å². The van der Waals surface area contributed by atoms with Crippen LogP contribution in [0.25, 0.3) is 0 Å². The van der Waals surface area contributed by atoms with Crippen LogP contribution >= 0.6 is 0 Å². The van der Waals surface area contributed by atoms with Crippen molar-refractivity contribution in [2.75, 3.05) is 26.2 Å². The van der Waals surface area contributed by atoms with Gasteiger partial charge in [0, 0.05) is 26.2 Å². The normalized spacial score (nSPS) is 16.9. The van der Waals surface area contributed by atoms with Crippen LogP contribution in [-0.2, 0) is 26.5 Å². The van der Waals surface area contributed by atoms with Crippen LogP contribution in [0.3, 0.4) is 0 Å². The van der Waals surface area contributed by atoms with E-state index in [1.54, 1.807) is 42.5 Å². The molecule has 152 valence electrons. The van der Waals surface area contributed by atoms with Gasteiger partial charge in [0.1, 0.15) is 0 Å². The molecule has 0 spiro atoms. The third-order valence-electron chi connectivity index (χ3n) is 4.96. The zero-order chi connectivity index (χ0) is 20.2. The van der Waals surface area contributed by atoms with Crippen LogP contribution in [-0.4, -0.2) is 51.6 Å². The molecule has 0 atom stereocenters. The van der Waals surface area contributed by atoms with Gasteiger partial charge in [-0.15, -0.1) is 0 Å². The Morgan fingerprint density at radius 2 is 1.18 bits per heavy atom. The largest absolute Gasteiger partial charge is 0.243 e. The first-order valence-electron chi connectivity index (χ1n) is 9.50. The number of piperazine rings is 1. The van der Waals surface area contributed by atoms with Crippen LogP contribution in [0.4, 0.5) is 0 Å². The molecule has 0 radical (unpaired) electrons. The predicted molar refractivity (Wildman–Crippen MR) is 109 cm³/mol. The molecule has 0 bridgehead atoms. The van der Waals surface area contributed by atoms with Crippen molar-refractivity contribution in [3.63, 3.8) is 0 Å². The number of hydrogen-bond donors (Lipinski definition) is 0. The van der Waals surface area contributed by atoms with E-state index in [2.05, 4.69) is 6.92 Å². The fourth-order valence-corrected chi connectivity index (χ4v) is 6.12. The summed E-state index contributed by atoms with van der Waals surface area (Å²) < 4.78 is 53.9. The topological polar surface area (TPSA) is 74.8 Å². The second kappa shape index (κ2) is 8.73. The molecule has 2 aromatic rings. The average molecular weight is 423 g/mol. The Bertz CT molecular complexity index is 980. The van der Waals surface area contributed by atoms with Crippen molar-refractivity contribution in [2.45, 2.75) is 36.0 Å². The Labute approximate surface area is 167 Å². The Kier molecular flexibility index (Phi) is 6.54. The number of rotatable bonds is 7. The van der Waals surface area contributed by atoms with Crippen molar-refractivity contribution in [1.82, 2.24) is 8.61 Å². The summed E-state index contributed by atoms with van der Waals surface area (Å²) in [6, 6.07) is 15.2. The molecule has 0 aromatic heterocycles. The van der Waals surface area contributed by atoms with Crippen molar-refractivity contribution < 1.29 is 16.8 Å². The van der Waals surface area contributed by atoms with Gasteiger partial charge < -0.3 is 0 Å². The summed E-state index contributed by atoms with van der Waals surface area (Å²) in [5.41, 5.74) is 1.12. The number of aryl methyl sites for hydroxylation is 1. The molecular formula is C20H26N2O4S2. The molecule has 2 aromatic carbocycles. The molecule has 0 saturated carbocycles. The summed E-state index contributed by atoms with van der Waals surface area (Å²) in [4.78, 5) is 0.487. The average Bonchev–Trinajstić information content (AvgIpc) is 2.73. The lowest BCUT2D eigenvalue weighted by Crippen LogP contribution is -2.50. The zero-order valence-corrected chi connectivity index (χ0v) is 17.6. The smallest absolute Gasteiger partial charge is 0.207 e. The van der Waals surface area contributed by atoms with E-state index < -0.39 is 20.0 Å². The number of nitrogens with zero attached hydrogens (tertiary/aromatic N) is 2. The van der Waals surface area contributed by atoms with Crippen molar-refractivity contribution in [2.24, 2.45) is 0 Å². The number of benzene rings is 2. The van der Waals surface area contributed by atoms with Gasteiger partial charge in [-0.25, -0.2) is 16.8 Å². The molecule has 6 nitrogen and oxygen atoms in total. The summed E-state index contributed by atoms with van der Waals surface area (Å²) in [7, 11) is -7.22. The van der Waals surface area contributed by atoms with Crippen LogP contribution in [0.2, 0.25) is 0 Å². The quantitative estimate of drug-likeness (QED) is 0.688. The number of unbranched alkanes of at least 4 members (excludes halogenated alkanes) is 1. The minimum absolute atomic E-state index is 0.144. The summed E-state index contributed by atoms with van der Waals surface area (Å²) in [6.07, 6.45) is 3.10. The van der Waals surface area contributed by atoms with Gasteiger partial charge in [0.05, 0.1) is 9.79 Å². The molecule has 0 unspecified atom stereocenters. The predicted octanol–water partition coefficient (Wildman–Crippen LogP) is 2.72. The second-order valence-corrected chi connectivity index (χ2v) is 10.7.